The Hall–Kier alpha value is -0.790. The van der Waals surface area contributed by atoms with Crippen molar-refractivity contribution in [1.29, 1.82) is 0 Å². The van der Waals surface area contributed by atoms with E-state index in [2.05, 4.69) is 44.6 Å². The number of piperazine rings is 1. The molecule has 0 aromatic carbocycles. The molecule has 2 aliphatic heterocycles. The van der Waals surface area contributed by atoms with Gasteiger partial charge >= 0.3 is 0 Å². The van der Waals surface area contributed by atoms with Gasteiger partial charge in [-0.25, -0.2) is 4.98 Å². The van der Waals surface area contributed by atoms with E-state index in [0.29, 0.717) is 12.5 Å². The van der Waals surface area contributed by atoms with Crippen LogP contribution in [0.15, 0.2) is 18.3 Å². The van der Waals surface area contributed by atoms with Crippen molar-refractivity contribution in [3.8, 4) is 0 Å². The first-order valence-corrected chi connectivity index (χ1v) is 10.0. The number of halogens is 3. The van der Waals surface area contributed by atoms with Crippen LogP contribution in [0.1, 0.15) is 31.2 Å². The maximum absolute atomic E-state index is 12.9. The van der Waals surface area contributed by atoms with Crippen molar-refractivity contribution in [2.45, 2.75) is 32.2 Å². The van der Waals surface area contributed by atoms with Gasteiger partial charge in [0, 0.05) is 45.5 Å². The number of pyridine rings is 1. The molecule has 1 saturated carbocycles. The van der Waals surface area contributed by atoms with Gasteiger partial charge in [0.2, 0.25) is 5.91 Å². The van der Waals surface area contributed by atoms with Crippen LogP contribution in [0.3, 0.4) is 0 Å². The third-order valence-corrected chi connectivity index (χ3v) is 6.58. The van der Waals surface area contributed by atoms with E-state index in [1.54, 1.807) is 0 Å². The van der Waals surface area contributed by atoms with Crippen LogP contribution in [0.4, 0.5) is 5.82 Å². The van der Waals surface area contributed by atoms with Gasteiger partial charge in [-0.1, -0.05) is 18.9 Å². The predicted molar refractivity (Wildman–Crippen MR) is 125 cm³/mol. The highest BCUT2D eigenvalue weighted by Crippen LogP contribution is 2.43. The number of rotatable bonds is 4. The van der Waals surface area contributed by atoms with Crippen molar-refractivity contribution in [3.05, 3.63) is 23.9 Å². The number of fused-ring (bicyclic) bond motifs is 1. The number of likely N-dealkylation sites (N-methyl/N-ethyl adjacent to an activating group) is 1. The van der Waals surface area contributed by atoms with Crippen LogP contribution in [0.25, 0.3) is 0 Å². The second-order valence-corrected chi connectivity index (χ2v) is 8.23. The molecule has 0 unspecified atom stereocenters. The van der Waals surface area contributed by atoms with Gasteiger partial charge in [-0.15, -0.1) is 37.2 Å². The van der Waals surface area contributed by atoms with Crippen molar-refractivity contribution in [1.82, 2.24) is 20.5 Å². The van der Waals surface area contributed by atoms with E-state index in [1.165, 1.54) is 19.3 Å². The lowest BCUT2D eigenvalue weighted by Crippen LogP contribution is -2.47. The molecule has 1 aromatic heterocycles. The quantitative estimate of drug-likeness (QED) is 0.714. The Kier molecular flexibility index (Phi) is 10.5. The van der Waals surface area contributed by atoms with E-state index in [0.717, 1.165) is 57.1 Å². The first-order valence-electron chi connectivity index (χ1n) is 10.0. The SMILES string of the molecule is CN1CCN(c2ccc(CNC(=O)[C@@]34CCCC[C@H]3CNC4)cn2)CC1.Cl.Cl.Cl. The highest BCUT2D eigenvalue weighted by Gasteiger charge is 2.49. The second kappa shape index (κ2) is 11.6. The number of amides is 1. The van der Waals surface area contributed by atoms with Crippen molar-refractivity contribution in [2.24, 2.45) is 11.3 Å². The monoisotopic (exact) mass is 465 g/mol. The lowest BCUT2D eigenvalue weighted by Gasteiger charge is -2.37. The van der Waals surface area contributed by atoms with E-state index in [4.69, 9.17) is 0 Å². The molecule has 1 amide bonds. The molecule has 6 nitrogen and oxygen atoms in total. The summed E-state index contributed by atoms with van der Waals surface area (Å²) >= 11 is 0. The molecule has 1 aromatic rings. The molecule has 2 saturated heterocycles. The maximum atomic E-state index is 12.9. The number of anilines is 1. The molecule has 4 rings (SSSR count). The summed E-state index contributed by atoms with van der Waals surface area (Å²) in [5, 5.41) is 6.65. The van der Waals surface area contributed by atoms with Crippen molar-refractivity contribution in [2.75, 3.05) is 51.2 Å². The van der Waals surface area contributed by atoms with E-state index >= 15 is 0 Å². The molecule has 2 atom stereocenters. The van der Waals surface area contributed by atoms with Gasteiger partial charge in [-0.3, -0.25) is 4.79 Å². The molecule has 3 heterocycles. The highest BCUT2D eigenvalue weighted by molar-refractivity contribution is 5.86. The Labute approximate surface area is 192 Å². The highest BCUT2D eigenvalue weighted by atomic mass is 35.5. The van der Waals surface area contributed by atoms with Gasteiger partial charge in [-0.2, -0.15) is 0 Å². The van der Waals surface area contributed by atoms with E-state index < -0.39 is 0 Å². The average molecular weight is 467 g/mol. The first kappa shape index (κ1) is 26.2. The van der Waals surface area contributed by atoms with Gasteiger partial charge in [0.05, 0.1) is 5.41 Å². The Morgan fingerprint density at radius 1 is 1.21 bits per heavy atom. The Balaban J connectivity index is 0.00000140. The third kappa shape index (κ3) is 5.67. The van der Waals surface area contributed by atoms with Crippen LogP contribution in [0, 0.1) is 11.3 Å². The number of nitrogens with zero attached hydrogens (tertiary/aromatic N) is 3. The summed E-state index contributed by atoms with van der Waals surface area (Å²) in [5.41, 5.74) is 0.900. The smallest absolute Gasteiger partial charge is 0.228 e. The standard InChI is InChI=1S/C20H31N5O.3ClH/c1-24-8-10-25(11-9-24)18-6-5-16(12-22-18)13-23-19(26)20-7-3-2-4-17(20)14-21-15-20;;;/h5-6,12,17,21H,2-4,7-11,13-15H2,1H3,(H,23,26);3*1H/t17-,20+;;;/m0.../s1. The fourth-order valence-corrected chi connectivity index (χ4v) is 4.79. The summed E-state index contributed by atoms with van der Waals surface area (Å²) in [7, 11) is 2.16. The molecule has 0 radical (unpaired) electrons. The molecule has 29 heavy (non-hydrogen) atoms. The molecule has 9 heteroatoms. The molecule has 166 valence electrons. The van der Waals surface area contributed by atoms with Crippen molar-refractivity contribution < 1.29 is 4.79 Å². The lowest BCUT2D eigenvalue weighted by atomic mass is 9.67. The van der Waals surface area contributed by atoms with E-state index in [9.17, 15) is 4.79 Å². The van der Waals surface area contributed by atoms with Crippen LogP contribution in [-0.2, 0) is 11.3 Å². The number of aromatic nitrogens is 1. The summed E-state index contributed by atoms with van der Waals surface area (Å²) in [6.45, 7) is 6.61. The van der Waals surface area contributed by atoms with Gasteiger partial charge in [0.25, 0.3) is 0 Å². The fraction of sp³-hybridized carbons (Fsp3) is 0.700. The minimum atomic E-state index is -0.175. The van der Waals surface area contributed by atoms with Crippen molar-refractivity contribution in [3.63, 3.8) is 0 Å². The zero-order valence-electron chi connectivity index (χ0n) is 17.1. The van der Waals surface area contributed by atoms with Crippen LogP contribution < -0.4 is 15.5 Å². The maximum Gasteiger partial charge on any atom is 0.228 e. The number of carbonyl (C=O) groups is 1. The summed E-state index contributed by atoms with van der Waals surface area (Å²) in [5.74, 6) is 1.78. The van der Waals surface area contributed by atoms with E-state index in [1.807, 2.05) is 6.20 Å². The Morgan fingerprint density at radius 2 is 1.97 bits per heavy atom. The number of hydrogen-bond donors (Lipinski definition) is 2. The molecule has 0 spiro atoms. The summed E-state index contributed by atoms with van der Waals surface area (Å²) in [4.78, 5) is 22.2. The molecule has 3 aliphatic rings. The number of hydrogen-bond acceptors (Lipinski definition) is 5. The molecule has 3 fully saturated rings. The van der Waals surface area contributed by atoms with Gasteiger partial charge < -0.3 is 20.4 Å². The second-order valence-electron chi connectivity index (χ2n) is 8.23. The normalized spacial score (nSPS) is 26.4. The fourth-order valence-electron chi connectivity index (χ4n) is 4.79. The topological polar surface area (TPSA) is 60.5 Å². The van der Waals surface area contributed by atoms with Gasteiger partial charge in [0.1, 0.15) is 5.82 Å². The van der Waals surface area contributed by atoms with Crippen LogP contribution in [0.2, 0.25) is 0 Å². The summed E-state index contributed by atoms with van der Waals surface area (Å²) < 4.78 is 0. The van der Waals surface area contributed by atoms with Crippen LogP contribution in [-0.4, -0.2) is 62.1 Å². The van der Waals surface area contributed by atoms with Gasteiger partial charge in [-0.05, 0) is 44.0 Å². The summed E-state index contributed by atoms with van der Waals surface area (Å²) in [6, 6.07) is 4.19. The largest absolute Gasteiger partial charge is 0.354 e. The third-order valence-electron chi connectivity index (χ3n) is 6.58. The molecule has 0 bridgehead atoms. The summed E-state index contributed by atoms with van der Waals surface area (Å²) in [6.07, 6.45) is 6.56. The van der Waals surface area contributed by atoms with Crippen LogP contribution in [0.5, 0.6) is 0 Å². The zero-order valence-corrected chi connectivity index (χ0v) is 19.5. The zero-order chi connectivity index (χ0) is 18.0. The van der Waals surface area contributed by atoms with E-state index in [-0.39, 0.29) is 48.5 Å². The molecular weight excluding hydrogens is 433 g/mol. The average Bonchev–Trinajstić information content (AvgIpc) is 3.12. The number of carbonyl (C=O) groups excluding carboxylic acids is 1. The minimum absolute atomic E-state index is 0. The number of nitrogens with one attached hydrogen (secondary N) is 2. The first-order chi connectivity index (χ1) is 12.7. The molecular formula is C20H34Cl3N5O. The lowest BCUT2D eigenvalue weighted by molar-refractivity contribution is -0.134. The molecule has 1 aliphatic carbocycles. The predicted octanol–water partition coefficient (Wildman–Crippen LogP) is 2.49. The van der Waals surface area contributed by atoms with Gasteiger partial charge in [0.15, 0.2) is 0 Å². The van der Waals surface area contributed by atoms with Crippen molar-refractivity contribution >= 4 is 48.9 Å². The Morgan fingerprint density at radius 3 is 2.66 bits per heavy atom. The Bertz CT molecular complexity index is 640. The molecule has 2 N–H and O–H groups in total. The minimum Gasteiger partial charge on any atom is -0.354 e. The van der Waals surface area contributed by atoms with Crippen LogP contribution >= 0.6 is 37.2 Å².